The number of hydrogen-bond acceptors (Lipinski definition) is 4. The number of anilines is 1. The first-order chi connectivity index (χ1) is 12.4. The van der Waals surface area contributed by atoms with Crippen molar-refractivity contribution in [1.29, 1.82) is 0 Å². The molecule has 0 radical (unpaired) electrons. The van der Waals surface area contributed by atoms with E-state index in [1.807, 2.05) is 19.1 Å². The van der Waals surface area contributed by atoms with Gasteiger partial charge in [0.2, 0.25) is 0 Å². The third-order valence-electron chi connectivity index (χ3n) is 4.34. The largest absolute Gasteiger partial charge is 0.379 e. The standard InChI is InChI=1S/C19H22N2O4S/c1-3-6-15-7-4-5-8-18(15)25-26(23,24)17-11-9-16(10-12-17)21-14-13-20(2)19(21)22/h4-5,7-12H,3,6,13-14H2,1-2H3. The highest BCUT2D eigenvalue weighted by molar-refractivity contribution is 7.87. The summed E-state index contributed by atoms with van der Waals surface area (Å²) in [6.07, 6.45) is 1.64. The molecular formula is C19H22N2O4S. The lowest BCUT2D eigenvalue weighted by Gasteiger charge is -2.16. The van der Waals surface area contributed by atoms with E-state index in [0.29, 0.717) is 24.5 Å². The summed E-state index contributed by atoms with van der Waals surface area (Å²) < 4.78 is 30.6. The zero-order chi connectivity index (χ0) is 18.7. The van der Waals surface area contributed by atoms with Gasteiger partial charge in [0, 0.05) is 25.8 Å². The van der Waals surface area contributed by atoms with Crippen LogP contribution in [0, 0.1) is 0 Å². The summed E-state index contributed by atoms with van der Waals surface area (Å²) >= 11 is 0. The van der Waals surface area contributed by atoms with Crippen molar-refractivity contribution in [2.45, 2.75) is 24.7 Å². The molecule has 0 N–H and O–H groups in total. The number of benzene rings is 2. The fourth-order valence-electron chi connectivity index (χ4n) is 2.91. The van der Waals surface area contributed by atoms with Crippen molar-refractivity contribution in [2.24, 2.45) is 0 Å². The van der Waals surface area contributed by atoms with Gasteiger partial charge in [0.1, 0.15) is 10.6 Å². The number of urea groups is 1. The third kappa shape index (κ3) is 3.67. The molecular weight excluding hydrogens is 352 g/mol. The number of carbonyl (C=O) groups is 1. The molecule has 26 heavy (non-hydrogen) atoms. The summed E-state index contributed by atoms with van der Waals surface area (Å²) in [6, 6.07) is 13.3. The van der Waals surface area contributed by atoms with Gasteiger partial charge < -0.3 is 9.08 Å². The van der Waals surface area contributed by atoms with Gasteiger partial charge in [-0.15, -0.1) is 0 Å². The maximum atomic E-state index is 12.6. The number of amides is 2. The van der Waals surface area contributed by atoms with Gasteiger partial charge in [0.05, 0.1) is 0 Å². The molecule has 0 atom stereocenters. The van der Waals surface area contributed by atoms with Gasteiger partial charge in [-0.25, -0.2) is 4.79 Å². The molecule has 3 rings (SSSR count). The van der Waals surface area contributed by atoms with Crippen LogP contribution in [-0.4, -0.2) is 39.5 Å². The van der Waals surface area contributed by atoms with Crippen LogP contribution in [-0.2, 0) is 16.5 Å². The molecule has 6 nitrogen and oxygen atoms in total. The molecule has 1 aliphatic rings. The number of carbonyl (C=O) groups excluding carboxylic acids is 1. The van der Waals surface area contributed by atoms with Gasteiger partial charge in [-0.3, -0.25) is 4.90 Å². The van der Waals surface area contributed by atoms with Crippen molar-refractivity contribution in [2.75, 3.05) is 25.0 Å². The van der Waals surface area contributed by atoms with E-state index in [1.54, 1.807) is 41.1 Å². The number of nitrogens with zero attached hydrogens (tertiary/aromatic N) is 2. The Morgan fingerprint density at radius 1 is 1.04 bits per heavy atom. The first-order valence-corrected chi connectivity index (χ1v) is 9.98. The van der Waals surface area contributed by atoms with Crippen molar-refractivity contribution >= 4 is 21.8 Å². The fourth-order valence-corrected chi connectivity index (χ4v) is 3.87. The maximum Gasteiger partial charge on any atom is 0.339 e. The Morgan fingerprint density at radius 3 is 2.35 bits per heavy atom. The average molecular weight is 374 g/mol. The smallest absolute Gasteiger partial charge is 0.339 e. The van der Waals surface area contributed by atoms with Gasteiger partial charge in [0.25, 0.3) is 0 Å². The Labute approximate surface area is 154 Å². The van der Waals surface area contributed by atoms with Crippen molar-refractivity contribution in [3.63, 3.8) is 0 Å². The summed E-state index contributed by atoms with van der Waals surface area (Å²) in [7, 11) is -2.19. The lowest BCUT2D eigenvalue weighted by atomic mass is 10.1. The number of para-hydroxylation sites is 1. The highest BCUT2D eigenvalue weighted by atomic mass is 32.2. The van der Waals surface area contributed by atoms with E-state index in [2.05, 4.69) is 0 Å². The van der Waals surface area contributed by atoms with Crippen LogP contribution in [0.2, 0.25) is 0 Å². The topological polar surface area (TPSA) is 66.9 Å². The minimum Gasteiger partial charge on any atom is -0.379 e. The SMILES string of the molecule is CCCc1ccccc1OS(=O)(=O)c1ccc(N2CCN(C)C2=O)cc1. The molecule has 0 aliphatic carbocycles. The molecule has 0 spiro atoms. The minimum absolute atomic E-state index is 0.0625. The molecule has 2 aromatic rings. The molecule has 0 aromatic heterocycles. The van der Waals surface area contributed by atoms with E-state index in [9.17, 15) is 13.2 Å². The number of hydrogen-bond donors (Lipinski definition) is 0. The van der Waals surface area contributed by atoms with Crippen molar-refractivity contribution in [1.82, 2.24) is 4.90 Å². The van der Waals surface area contributed by atoms with E-state index in [4.69, 9.17) is 4.18 Å². The Hall–Kier alpha value is -2.54. The van der Waals surface area contributed by atoms with E-state index < -0.39 is 10.1 Å². The van der Waals surface area contributed by atoms with Gasteiger partial charge in [0.15, 0.2) is 0 Å². The lowest BCUT2D eigenvalue weighted by Crippen LogP contribution is -2.29. The van der Waals surface area contributed by atoms with E-state index in [0.717, 1.165) is 18.4 Å². The van der Waals surface area contributed by atoms with Crippen LogP contribution in [0.25, 0.3) is 0 Å². The van der Waals surface area contributed by atoms with E-state index >= 15 is 0 Å². The van der Waals surface area contributed by atoms with Crippen LogP contribution in [0.1, 0.15) is 18.9 Å². The second kappa shape index (κ2) is 7.37. The monoisotopic (exact) mass is 374 g/mol. The molecule has 7 heteroatoms. The Balaban J connectivity index is 1.81. The molecule has 1 heterocycles. The third-order valence-corrected chi connectivity index (χ3v) is 5.59. The number of aryl methyl sites for hydroxylation is 1. The first kappa shape index (κ1) is 18.3. The summed E-state index contributed by atoms with van der Waals surface area (Å²) in [5.41, 5.74) is 1.53. The summed E-state index contributed by atoms with van der Waals surface area (Å²) in [4.78, 5) is 15.3. The van der Waals surface area contributed by atoms with Gasteiger partial charge in [-0.2, -0.15) is 8.42 Å². The summed E-state index contributed by atoms with van der Waals surface area (Å²) in [5, 5.41) is 0. The molecule has 2 amide bonds. The minimum atomic E-state index is -3.93. The van der Waals surface area contributed by atoms with Crippen LogP contribution in [0.3, 0.4) is 0 Å². The normalized spacial score (nSPS) is 14.8. The van der Waals surface area contributed by atoms with Crippen LogP contribution in [0.15, 0.2) is 53.4 Å². The summed E-state index contributed by atoms with van der Waals surface area (Å²) in [6.45, 7) is 3.26. The number of likely N-dealkylation sites (N-methyl/N-ethyl adjacent to an activating group) is 1. The molecule has 1 saturated heterocycles. The number of rotatable bonds is 6. The molecule has 2 aromatic carbocycles. The first-order valence-electron chi connectivity index (χ1n) is 8.57. The molecule has 138 valence electrons. The molecule has 0 saturated carbocycles. The van der Waals surface area contributed by atoms with Crippen LogP contribution >= 0.6 is 0 Å². The van der Waals surface area contributed by atoms with Gasteiger partial charge in [-0.05, 0) is 42.3 Å². The van der Waals surface area contributed by atoms with Crippen LogP contribution < -0.4 is 9.08 Å². The van der Waals surface area contributed by atoms with Crippen LogP contribution in [0.5, 0.6) is 5.75 Å². The van der Waals surface area contributed by atoms with Gasteiger partial charge >= 0.3 is 16.1 Å². The predicted octanol–water partition coefficient (Wildman–Crippen LogP) is 3.28. The summed E-state index contributed by atoms with van der Waals surface area (Å²) in [5.74, 6) is 0.356. The lowest BCUT2D eigenvalue weighted by molar-refractivity contribution is 0.229. The second-order valence-electron chi connectivity index (χ2n) is 6.24. The Kier molecular flexibility index (Phi) is 5.18. The van der Waals surface area contributed by atoms with Crippen LogP contribution in [0.4, 0.5) is 10.5 Å². The zero-order valence-corrected chi connectivity index (χ0v) is 15.7. The molecule has 0 unspecified atom stereocenters. The highest BCUT2D eigenvalue weighted by Crippen LogP contribution is 2.26. The van der Waals surface area contributed by atoms with Crippen molar-refractivity contribution in [3.05, 3.63) is 54.1 Å². The molecule has 0 bridgehead atoms. The average Bonchev–Trinajstić information content (AvgIpc) is 2.96. The fraction of sp³-hybridized carbons (Fsp3) is 0.316. The maximum absolute atomic E-state index is 12.6. The second-order valence-corrected chi connectivity index (χ2v) is 7.79. The Bertz CT molecular complexity index is 894. The van der Waals surface area contributed by atoms with E-state index in [-0.39, 0.29) is 10.9 Å². The highest BCUT2D eigenvalue weighted by Gasteiger charge is 2.27. The Morgan fingerprint density at radius 2 is 1.73 bits per heavy atom. The molecule has 1 fully saturated rings. The molecule has 1 aliphatic heterocycles. The predicted molar refractivity (Wildman–Crippen MR) is 100 cm³/mol. The van der Waals surface area contributed by atoms with Crippen molar-refractivity contribution < 1.29 is 17.4 Å². The van der Waals surface area contributed by atoms with Gasteiger partial charge in [-0.1, -0.05) is 31.5 Å². The van der Waals surface area contributed by atoms with Crippen molar-refractivity contribution in [3.8, 4) is 5.75 Å². The zero-order valence-electron chi connectivity index (χ0n) is 14.9. The quantitative estimate of drug-likeness (QED) is 0.728. The van der Waals surface area contributed by atoms with E-state index in [1.165, 1.54) is 12.1 Å².